The molecule has 0 aliphatic heterocycles. The third-order valence-electron chi connectivity index (χ3n) is 3.65. The predicted octanol–water partition coefficient (Wildman–Crippen LogP) is 2.68. The number of nitrogens with zero attached hydrogens (tertiary/aromatic N) is 2. The van der Waals surface area contributed by atoms with Crippen LogP contribution in [0.3, 0.4) is 0 Å². The summed E-state index contributed by atoms with van der Waals surface area (Å²) in [6.07, 6.45) is 4.86. The van der Waals surface area contributed by atoms with E-state index in [0.717, 1.165) is 4.96 Å². The Balaban J connectivity index is 1.41. The van der Waals surface area contributed by atoms with Gasteiger partial charge in [-0.25, -0.2) is 9.37 Å². The number of imidazole rings is 1. The number of benzene rings is 1. The lowest BCUT2D eigenvalue weighted by molar-refractivity contribution is -0.121. The van der Waals surface area contributed by atoms with Gasteiger partial charge in [0.05, 0.1) is 12.1 Å². The molecule has 0 atom stereocenters. The molecule has 0 saturated carbocycles. The summed E-state index contributed by atoms with van der Waals surface area (Å²) in [5.74, 6) is -0.927. The molecule has 0 saturated heterocycles. The van der Waals surface area contributed by atoms with E-state index in [4.69, 9.17) is 11.6 Å². The molecule has 27 heavy (non-hydrogen) atoms. The highest BCUT2D eigenvalue weighted by atomic mass is 35.5. The monoisotopic (exact) mass is 406 g/mol. The molecule has 0 aliphatic carbocycles. The summed E-state index contributed by atoms with van der Waals surface area (Å²) in [7, 11) is 0. The second-order valence-corrected chi connectivity index (χ2v) is 6.86. The lowest BCUT2D eigenvalue weighted by Crippen LogP contribution is -2.34. The molecule has 2 amide bonds. The van der Waals surface area contributed by atoms with Gasteiger partial charge < -0.3 is 10.6 Å². The molecule has 9 heteroatoms. The van der Waals surface area contributed by atoms with Crippen LogP contribution >= 0.6 is 22.9 Å². The van der Waals surface area contributed by atoms with E-state index in [0.29, 0.717) is 16.4 Å². The van der Waals surface area contributed by atoms with E-state index in [2.05, 4.69) is 15.6 Å². The number of hydrogen-bond acceptors (Lipinski definition) is 4. The average Bonchev–Trinajstić information content (AvgIpc) is 3.17. The van der Waals surface area contributed by atoms with Crippen molar-refractivity contribution in [3.8, 4) is 0 Å². The van der Waals surface area contributed by atoms with Crippen molar-refractivity contribution in [3.63, 3.8) is 0 Å². The molecule has 2 N–H and O–H groups in total. The van der Waals surface area contributed by atoms with Gasteiger partial charge in [0.25, 0.3) is 0 Å². The molecular weight excluding hydrogens is 391 g/mol. The summed E-state index contributed by atoms with van der Waals surface area (Å²) >= 11 is 7.50. The number of fused-ring (bicyclic) bond motifs is 1. The fourth-order valence-corrected chi connectivity index (χ4v) is 3.43. The van der Waals surface area contributed by atoms with Crippen LogP contribution in [0.1, 0.15) is 11.3 Å². The molecule has 0 fully saturated rings. The van der Waals surface area contributed by atoms with E-state index in [9.17, 15) is 14.0 Å². The number of nitrogens with one attached hydrogen (secondary N) is 2. The number of carbonyl (C=O) groups is 2. The predicted molar refractivity (Wildman–Crippen MR) is 103 cm³/mol. The zero-order valence-electron chi connectivity index (χ0n) is 14.1. The standard InChI is InChI=1S/C18H16ClFN4O2S/c19-17-14(24-8-9-27-18(24)23-17)4-5-15(25)21-6-7-22-16(26)11-12-2-1-3-13(20)10-12/h1-5,8-10H,6-7,11H2,(H,21,25)(H,22,26)/b5-4+. The molecule has 2 heterocycles. The van der Waals surface area contributed by atoms with Gasteiger partial charge >= 0.3 is 0 Å². The van der Waals surface area contributed by atoms with Gasteiger partial charge in [0.15, 0.2) is 10.1 Å². The van der Waals surface area contributed by atoms with Crippen molar-refractivity contribution in [2.75, 3.05) is 13.1 Å². The van der Waals surface area contributed by atoms with Crippen LogP contribution in [-0.2, 0) is 16.0 Å². The fourth-order valence-electron chi connectivity index (χ4n) is 2.42. The molecule has 3 aromatic rings. The molecular formula is C18H16ClFN4O2S. The fraction of sp³-hybridized carbons (Fsp3) is 0.167. The van der Waals surface area contributed by atoms with Crippen molar-refractivity contribution in [1.29, 1.82) is 0 Å². The highest BCUT2D eigenvalue weighted by Crippen LogP contribution is 2.22. The summed E-state index contributed by atoms with van der Waals surface area (Å²) in [6, 6.07) is 5.88. The number of amides is 2. The smallest absolute Gasteiger partial charge is 0.244 e. The Hall–Kier alpha value is -2.71. The number of aromatic nitrogens is 2. The van der Waals surface area contributed by atoms with Crippen LogP contribution in [0.15, 0.2) is 41.9 Å². The lowest BCUT2D eigenvalue weighted by Gasteiger charge is -2.06. The van der Waals surface area contributed by atoms with E-state index in [1.165, 1.54) is 29.5 Å². The molecule has 3 rings (SSSR count). The van der Waals surface area contributed by atoms with Gasteiger partial charge in [0.1, 0.15) is 5.82 Å². The molecule has 0 unspecified atom stereocenters. The van der Waals surface area contributed by atoms with Gasteiger partial charge in [0.2, 0.25) is 11.8 Å². The van der Waals surface area contributed by atoms with Crippen molar-refractivity contribution in [1.82, 2.24) is 20.0 Å². The quantitative estimate of drug-likeness (QED) is 0.468. The normalized spacial score (nSPS) is 11.2. The molecule has 0 spiro atoms. The van der Waals surface area contributed by atoms with Crippen LogP contribution in [0.2, 0.25) is 5.15 Å². The zero-order valence-corrected chi connectivity index (χ0v) is 15.7. The van der Waals surface area contributed by atoms with Gasteiger partial charge in [-0.1, -0.05) is 23.7 Å². The largest absolute Gasteiger partial charge is 0.354 e. The van der Waals surface area contributed by atoms with Crippen LogP contribution in [0.5, 0.6) is 0 Å². The molecule has 2 aromatic heterocycles. The Morgan fingerprint density at radius 2 is 2.11 bits per heavy atom. The van der Waals surface area contributed by atoms with E-state index >= 15 is 0 Å². The van der Waals surface area contributed by atoms with Gasteiger partial charge in [-0.05, 0) is 23.8 Å². The minimum absolute atomic E-state index is 0.0853. The SMILES string of the molecule is O=C(/C=C/c1c(Cl)nc2sccn12)NCCNC(=O)Cc1cccc(F)c1. The number of thiazole rings is 1. The topological polar surface area (TPSA) is 75.5 Å². The first-order valence-electron chi connectivity index (χ1n) is 8.11. The van der Waals surface area contributed by atoms with Crippen LogP contribution in [0.25, 0.3) is 11.0 Å². The Morgan fingerprint density at radius 1 is 1.30 bits per heavy atom. The average molecular weight is 407 g/mol. The van der Waals surface area contributed by atoms with Crippen molar-refractivity contribution in [2.24, 2.45) is 0 Å². The van der Waals surface area contributed by atoms with E-state index < -0.39 is 0 Å². The maximum atomic E-state index is 13.1. The van der Waals surface area contributed by atoms with Crippen LogP contribution in [0.4, 0.5) is 4.39 Å². The molecule has 140 valence electrons. The van der Waals surface area contributed by atoms with Gasteiger partial charge in [-0.15, -0.1) is 11.3 Å². The van der Waals surface area contributed by atoms with E-state index in [-0.39, 0.29) is 37.1 Å². The van der Waals surface area contributed by atoms with Crippen molar-refractivity contribution in [3.05, 3.63) is 64.1 Å². The van der Waals surface area contributed by atoms with Crippen molar-refractivity contribution >= 4 is 45.8 Å². The molecule has 0 radical (unpaired) electrons. The van der Waals surface area contributed by atoms with Gasteiger partial charge in [-0.3, -0.25) is 14.0 Å². The van der Waals surface area contributed by atoms with Crippen LogP contribution in [-0.4, -0.2) is 34.3 Å². The zero-order chi connectivity index (χ0) is 19.2. The first kappa shape index (κ1) is 19.1. The summed E-state index contributed by atoms with van der Waals surface area (Å²) in [5.41, 5.74) is 1.23. The number of hydrogen-bond donors (Lipinski definition) is 2. The summed E-state index contributed by atoms with van der Waals surface area (Å²) < 4.78 is 14.9. The van der Waals surface area contributed by atoms with E-state index in [1.54, 1.807) is 22.6 Å². The third kappa shape index (κ3) is 5.15. The van der Waals surface area contributed by atoms with Crippen LogP contribution < -0.4 is 10.6 Å². The van der Waals surface area contributed by atoms with Gasteiger partial charge in [-0.2, -0.15) is 0 Å². The highest BCUT2D eigenvalue weighted by molar-refractivity contribution is 7.15. The second-order valence-electron chi connectivity index (χ2n) is 5.62. The molecule has 6 nitrogen and oxygen atoms in total. The highest BCUT2D eigenvalue weighted by Gasteiger charge is 2.09. The summed E-state index contributed by atoms with van der Waals surface area (Å²) in [4.78, 5) is 28.6. The summed E-state index contributed by atoms with van der Waals surface area (Å²) in [6.45, 7) is 0.544. The van der Waals surface area contributed by atoms with Crippen molar-refractivity contribution < 1.29 is 14.0 Å². The lowest BCUT2D eigenvalue weighted by atomic mass is 10.1. The van der Waals surface area contributed by atoms with Gasteiger partial charge in [0, 0.05) is 30.7 Å². The van der Waals surface area contributed by atoms with Crippen LogP contribution in [0, 0.1) is 5.82 Å². The Bertz CT molecular complexity index is 998. The molecule has 1 aromatic carbocycles. The number of carbonyl (C=O) groups excluding carboxylic acids is 2. The Kier molecular flexibility index (Phi) is 6.20. The second kappa shape index (κ2) is 8.79. The van der Waals surface area contributed by atoms with Crippen molar-refractivity contribution in [2.45, 2.75) is 6.42 Å². The molecule has 0 bridgehead atoms. The number of rotatable bonds is 7. The number of halogens is 2. The first-order chi connectivity index (χ1) is 13.0. The maximum Gasteiger partial charge on any atom is 0.244 e. The molecule has 0 aliphatic rings. The first-order valence-corrected chi connectivity index (χ1v) is 9.37. The third-order valence-corrected chi connectivity index (χ3v) is 4.68. The minimum atomic E-state index is -0.377. The maximum absolute atomic E-state index is 13.1. The summed E-state index contributed by atoms with van der Waals surface area (Å²) in [5, 5.41) is 7.54. The van der Waals surface area contributed by atoms with E-state index in [1.807, 2.05) is 11.6 Å². The Morgan fingerprint density at radius 3 is 2.93 bits per heavy atom. The Labute approximate surface area is 163 Å². The minimum Gasteiger partial charge on any atom is -0.354 e.